The van der Waals surface area contributed by atoms with E-state index >= 15 is 0 Å². The minimum absolute atomic E-state index is 0.0168. The molecule has 2 N–H and O–H groups in total. The smallest absolute Gasteiger partial charge is 0.245 e. The highest BCUT2D eigenvalue weighted by atomic mass is 16.3. The summed E-state index contributed by atoms with van der Waals surface area (Å²) in [5.41, 5.74) is 0.226. The predicted molar refractivity (Wildman–Crippen MR) is 91.1 cm³/mol. The van der Waals surface area contributed by atoms with E-state index in [0.717, 1.165) is 31.4 Å². The highest BCUT2D eigenvalue weighted by molar-refractivity contribution is 5.88. The van der Waals surface area contributed by atoms with E-state index in [4.69, 9.17) is 0 Å². The van der Waals surface area contributed by atoms with Crippen molar-refractivity contribution in [3.05, 3.63) is 35.9 Å². The Hall–Kier alpha value is -1.88. The van der Waals surface area contributed by atoms with Crippen molar-refractivity contribution in [2.45, 2.75) is 63.1 Å². The largest absolute Gasteiger partial charge is 0.389 e. The quantitative estimate of drug-likeness (QED) is 0.867. The van der Waals surface area contributed by atoms with Crippen molar-refractivity contribution in [2.75, 3.05) is 6.54 Å². The number of amides is 2. The van der Waals surface area contributed by atoms with Crippen LogP contribution in [-0.2, 0) is 16.1 Å². The molecule has 1 heterocycles. The number of rotatable bonds is 5. The van der Waals surface area contributed by atoms with Crippen molar-refractivity contribution in [3.63, 3.8) is 0 Å². The SMILES string of the molecule is O=C(CC1(O)CCCC1)NC1CCCN(Cc2ccccc2)C1=O. The molecule has 5 heteroatoms. The lowest BCUT2D eigenvalue weighted by Crippen LogP contribution is -2.52. The highest BCUT2D eigenvalue weighted by Crippen LogP contribution is 2.32. The summed E-state index contributed by atoms with van der Waals surface area (Å²) < 4.78 is 0. The molecular weight excluding hydrogens is 304 g/mol. The molecule has 1 aliphatic heterocycles. The second-order valence-electron chi connectivity index (χ2n) is 7.12. The summed E-state index contributed by atoms with van der Waals surface area (Å²) in [5.74, 6) is -0.226. The third-order valence-corrected chi connectivity index (χ3v) is 5.11. The molecule has 1 saturated heterocycles. The summed E-state index contributed by atoms with van der Waals surface area (Å²) >= 11 is 0. The van der Waals surface area contributed by atoms with Gasteiger partial charge in [-0.05, 0) is 31.2 Å². The number of benzene rings is 1. The van der Waals surface area contributed by atoms with Crippen LogP contribution in [0.5, 0.6) is 0 Å². The van der Waals surface area contributed by atoms with E-state index in [1.807, 2.05) is 35.2 Å². The van der Waals surface area contributed by atoms with E-state index < -0.39 is 11.6 Å². The molecule has 0 aromatic heterocycles. The van der Waals surface area contributed by atoms with Gasteiger partial charge in [-0.1, -0.05) is 43.2 Å². The molecular formula is C19H26N2O3. The Kier molecular flexibility index (Phi) is 5.19. The molecule has 2 aliphatic rings. The summed E-state index contributed by atoms with van der Waals surface area (Å²) in [6.45, 7) is 1.31. The van der Waals surface area contributed by atoms with Crippen LogP contribution in [0.1, 0.15) is 50.5 Å². The van der Waals surface area contributed by atoms with E-state index in [-0.39, 0.29) is 18.2 Å². The number of hydrogen-bond donors (Lipinski definition) is 2. The molecule has 1 unspecified atom stereocenters. The molecule has 2 fully saturated rings. The highest BCUT2D eigenvalue weighted by Gasteiger charge is 2.35. The third-order valence-electron chi connectivity index (χ3n) is 5.11. The molecule has 2 amide bonds. The molecule has 1 aliphatic carbocycles. The molecule has 3 rings (SSSR count). The molecule has 130 valence electrons. The molecule has 0 spiro atoms. The van der Waals surface area contributed by atoms with E-state index in [1.54, 1.807) is 0 Å². The van der Waals surface area contributed by atoms with Gasteiger partial charge in [-0.25, -0.2) is 0 Å². The van der Waals surface area contributed by atoms with Gasteiger partial charge in [0.25, 0.3) is 0 Å². The van der Waals surface area contributed by atoms with Gasteiger partial charge < -0.3 is 15.3 Å². The fraction of sp³-hybridized carbons (Fsp3) is 0.579. The van der Waals surface area contributed by atoms with Gasteiger partial charge in [-0.3, -0.25) is 9.59 Å². The monoisotopic (exact) mass is 330 g/mol. The minimum atomic E-state index is -0.870. The van der Waals surface area contributed by atoms with Gasteiger partial charge in [-0.2, -0.15) is 0 Å². The Morgan fingerprint density at radius 2 is 1.92 bits per heavy atom. The molecule has 1 aromatic carbocycles. The average molecular weight is 330 g/mol. The number of likely N-dealkylation sites (tertiary alicyclic amines) is 1. The Morgan fingerprint density at radius 1 is 1.21 bits per heavy atom. The number of carbonyl (C=O) groups excluding carboxylic acids is 2. The van der Waals surface area contributed by atoms with Crippen LogP contribution in [0.3, 0.4) is 0 Å². The van der Waals surface area contributed by atoms with Crippen LogP contribution in [0.4, 0.5) is 0 Å². The minimum Gasteiger partial charge on any atom is -0.389 e. The fourth-order valence-electron chi connectivity index (χ4n) is 3.79. The average Bonchev–Trinajstić information content (AvgIpc) is 2.98. The number of nitrogens with zero attached hydrogens (tertiary/aromatic N) is 1. The molecule has 0 bridgehead atoms. The van der Waals surface area contributed by atoms with Gasteiger partial charge in [0, 0.05) is 13.1 Å². The summed E-state index contributed by atoms with van der Waals surface area (Å²) in [5, 5.41) is 13.2. The third kappa shape index (κ3) is 4.15. The van der Waals surface area contributed by atoms with Gasteiger partial charge in [0.2, 0.25) is 11.8 Å². The number of nitrogens with one attached hydrogen (secondary N) is 1. The van der Waals surface area contributed by atoms with Crippen LogP contribution < -0.4 is 5.32 Å². The van der Waals surface area contributed by atoms with Gasteiger partial charge in [-0.15, -0.1) is 0 Å². The first kappa shape index (κ1) is 17.0. The molecule has 1 atom stereocenters. The van der Waals surface area contributed by atoms with E-state index in [1.165, 1.54) is 0 Å². The zero-order valence-electron chi connectivity index (χ0n) is 14.0. The van der Waals surface area contributed by atoms with Crippen LogP contribution in [0.2, 0.25) is 0 Å². The fourth-order valence-corrected chi connectivity index (χ4v) is 3.79. The van der Waals surface area contributed by atoms with Gasteiger partial charge >= 0.3 is 0 Å². The van der Waals surface area contributed by atoms with Gasteiger partial charge in [0.05, 0.1) is 12.0 Å². The lowest BCUT2D eigenvalue weighted by Gasteiger charge is -2.33. The number of aliphatic hydroxyl groups is 1. The van der Waals surface area contributed by atoms with Crippen molar-refractivity contribution in [1.29, 1.82) is 0 Å². The molecule has 24 heavy (non-hydrogen) atoms. The second-order valence-corrected chi connectivity index (χ2v) is 7.12. The number of piperidine rings is 1. The Bertz CT molecular complexity index is 582. The first-order valence-corrected chi connectivity index (χ1v) is 8.90. The molecule has 1 aromatic rings. The maximum atomic E-state index is 12.6. The molecule has 1 saturated carbocycles. The standard InChI is InChI=1S/C19H26N2O3/c22-17(13-19(24)10-4-5-11-19)20-16-9-6-12-21(18(16)23)14-15-7-2-1-3-8-15/h1-3,7-8,16,24H,4-6,9-14H2,(H,20,22). The zero-order valence-corrected chi connectivity index (χ0v) is 14.0. The topological polar surface area (TPSA) is 69.6 Å². The van der Waals surface area contributed by atoms with Gasteiger partial charge in [0.1, 0.15) is 6.04 Å². The Morgan fingerprint density at radius 3 is 2.62 bits per heavy atom. The van der Waals surface area contributed by atoms with Crippen LogP contribution in [0, 0.1) is 0 Å². The second kappa shape index (κ2) is 7.34. The Labute approximate surface area is 143 Å². The summed E-state index contributed by atoms with van der Waals surface area (Å²) in [7, 11) is 0. The molecule has 5 nitrogen and oxygen atoms in total. The van der Waals surface area contributed by atoms with Crippen molar-refractivity contribution in [1.82, 2.24) is 10.2 Å². The predicted octanol–water partition coefficient (Wildman–Crippen LogP) is 1.99. The van der Waals surface area contributed by atoms with Crippen LogP contribution in [0.15, 0.2) is 30.3 Å². The lowest BCUT2D eigenvalue weighted by molar-refractivity contribution is -0.140. The first-order chi connectivity index (χ1) is 11.6. The van der Waals surface area contributed by atoms with E-state index in [9.17, 15) is 14.7 Å². The first-order valence-electron chi connectivity index (χ1n) is 8.90. The van der Waals surface area contributed by atoms with E-state index in [0.29, 0.717) is 25.8 Å². The van der Waals surface area contributed by atoms with E-state index in [2.05, 4.69) is 5.32 Å². The summed E-state index contributed by atoms with van der Waals surface area (Å²) in [6, 6.07) is 9.44. The number of hydrogen-bond acceptors (Lipinski definition) is 3. The normalized spacial score (nSPS) is 23.3. The van der Waals surface area contributed by atoms with Crippen LogP contribution in [0.25, 0.3) is 0 Å². The van der Waals surface area contributed by atoms with Crippen LogP contribution >= 0.6 is 0 Å². The number of carbonyl (C=O) groups is 2. The summed E-state index contributed by atoms with van der Waals surface area (Å²) in [6.07, 6.45) is 4.96. The zero-order chi connectivity index (χ0) is 17.0. The van der Waals surface area contributed by atoms with Crippen molar-refractivity contribution >= 4 is 11.8 Å². The van der Waals surface area contributed by atoms with Crippen molar-refractivity contribution in [2.24, 2.45) is 0 Å². The molecule has 0 radical (unpaired) electrons. The Balaban J connectivity index is 1.55. The summed E-state index contributed by atoms with van der Waals surface area (Å²) in [4.78, 5) is 26.7. The van der Waals surface area contributed by atoms with Gasteiger partial charge in [0.15, 0.2) is 0 Å². The lowest BCUT2D eigenvalue weighted by atomic mass is 9.96. The van der Waals surface area contributed by atoms with Crippen LogP contribution in [-0.4, -0.2) is 40.0 Å². The maximum absolute atomic E-state index is 12.6. The maximum Gasteiger partial charge on any atom is 0.245 e. The van der Waals surface area contributed by atoms with Crippen molar-refractivity contribution in [3.8, 4) is 0 Å². The van der Waals surface area contributed by atoms with Crippen molar-refractivity contribution < 1.29 is 14.7 Å².